The van der Waals surface area contributed by atoms with Crippen LogP contribution in [0.4, 0.5) is 14.5 Å². The Morgan fingerprint density at radius 3 is 2.71 bits per heavy atom. The molecule has 0 bridgehead atoms. The maximum Gasteiger partial charge on any atom is 0.258 e. The lowest BCUT2D eigenvalue weighted by Gasteiger charge is -2.13. The van der Waals surface area contributed by atoms with Gasteiger partial charge < -0.3 is 5.32 Å². The van der Waals surface area contributed by atoms with E-state index in [0.29, 0.717) is 15.3 Å². The minimum absolute atomic E-state index is 0.306. The first-order valence-electron chi connectivity index (χ1n) is 3.86. The van der Waals surface area contributed by atoms with Crippen molar-refractivity contribution in [1.82, 2.24) is 4.98 Å². The van der Waals surface area contributed by atoms with E-state index in [2.05, 4.69) is 26.2 Å². The van der Waals surface area contributed by atoms with Gasteiger partial charge in [-0.05, 0) is 28.9 Å². The topological polar surface area (TPSA) is 24.9 Å². The van der Waals surface area contributed by atoms with Crippen molar-refractivity contribution in [2.75, 3.05) is 5.32 Å². The highest BCUT2D eigenvalue weighted by Crippen LogP contribution is 2.23. The fourth-order valence-corrected chi connectivity index (χ4v) is 1.28. The zero-order chi connectivity index (χ0) is 10.7. The Hall–Kier alpha value is -0.420. The van der Waals surface area contributed by atoms with Gasteiger partial charge in [0.15, 0.2) is 0 Å². The zero-order valence-corrected chi connectivity index (χ0v) is 9.61. The van der Waals surface area contributed by atoms with Crippen LogP contribution >= 0.6 is 27.5 Å². The summed E-state index contributed by atoms with van der Waals surface area (Å²) in [6.45, 7) is 1.40. The van der Waals surface area contributed by atoms with Crippen molar-refractivity contribution in [3.63, 3.8) is 0 Å². The van der Waals surface area contributed by atoms with Gasteiger partial charge >= 0.3 is 0 Å². The van der Waals surface area contributed by atoms with Crippen LogP contribution in [0.25, 0.3) is 0 Å². The molecule has 0 aromatic carbocycles. The van der Waals surface area contributed by atoms with Crippen molar-refractivity contribution in [2.45, 2.75) is 19.4 Å². The molecule has 0 aliphatic rings. The first kappa shape index (κ1) is 11.7. The van der Waals surface area contributed by atoms with Crippen LogP contribution in [0.3, 0.4) is 0 Å². The Balaban J connectivity index is 2.73. The second-order valence-electron chi connectivity index (χ2n) is 2.76. The fraction of sp³-hybridized carbons (Fsp3) is 0.375. The molecule has 1 N–H and O–H groups in total. The molecule has 78 valence electrons. The standard InChI is InChI=1S/C8H8BrClF2N2/c1-4(8(11)12)14-5-2-6(9)7(10)13-3-5/h2-4,8,14H,1H3. The predicted octanol–water partition coefficient (Wildman–Crippen LogP) is 3.56. The number of nitrogens with one attached hydrogen (secondary N) is 1. The number of anilines is 1. The highest BCUT2D eigenvalue weighted by Gasteiger charge is 2.14. The molecule has 0 amide bonds. The van der Waals surface area contributed by atoms with E-state index in [1.54, 1.807) is 6.07 Å². The summed E-state index contributed by atoms with van der Waals surface area (Å²) in [7, 11) is 0. The van der Waals surface area contributed by atoms with E-state index in [1.165, 1.54) is 13.1 Å². The number of hydrogen-bond acceptors (Lipinski definition) is 2. The van der Waals surface area contributed by atoms with E-state index < -0.39 is 12.5 Å². The average Bonchev–Trinajstić information content (AvgIpc) is 2.11. The van der Waals surface area contributed by atoms with Crippen molar-refractivity contribution in [1.29, 1.82) is 0 Å². The van der Waals surface area contributed by atoms with Gasteiger partial charge in [0.2, 0.25) is 0 Å². The summed E-state index contributed by atoms with van der Waals surface area (Å²) in [6, 6.07) is 0.693. The number of alkyl halides is 2. The third-order valence-corrected chi connectivity index (χ3v) is 2.70. The number of nitrogens with zero attached hydrogens (tertiary/aromatic N) is 1. The Morgan fingerprint density at radius 2 is 2.21 bits per heavy atom. The number of aromatic nitrogens is 1. The monoisotopic (exact) mass is 284 g/mol. The molecule has 1 unspecified atom stereocenters. The van der Waals surface area contributed by atoms with Gasteiger partial charge in [-0.25, -0.2) is 13.8 Å². The highest BCUT2D eigenvalue weighted by atomic mass is 79.9. The van der Waals surface area contributed by atoms with Crippen LogP contribution in [-0.2, 0) is 0 Å². The molecule has 1 aromatic heterocycles. The summed E-state index contributed by atoms with van der Waals surface area (Å²) >= 11 is 8.80. The normalized spacial score (nSPS) is 13.0. The van der Waals surface area contributed by atoms with Gasteiger partial charge in [0, 0.05) is 0 Å². The predicted molar refractivity (Wildman–Crippen MR) is 56.0 cm³/mol. The van der Waals surface area contributed by atoms with Crippen LogP contribution < -0.4 is 5.32 Å². The van der Waals surface area contributed by atoms with Gasteiger partial charge in [0.25, 0.3) is 6.43 Å². The molecule has 0 saturated heterocycles. The molecule has 1 atom stereocenters. The molecule has 0 spiro atoms. The number of rotatable bonds is 3. The molecule has 1 rings (SSSR count). The minimum atomic E-state index is -2.41. The number of pyridine rings is 1. The molecule has 0 aliphatic carbocycles. The summed E-state index contributed by atoms with van der Waals surface area (Å²) in [5, 5.41) is 2.91. The Kier molecular flexibility index (Phi) is 4.07. The van der Waals surface area contributed by atoms with Crippen LogP contribution in [0.15, 0.2) is 16.7 Å². The van der Waals surface area contributed by atoms with Gasteiger partial charge in [-0.2, -0.15) is 0 Å². The van der Waals surface area contributed by atoms with Crippen LogP contribution in [-0.4, -0.2) is 17.5 Å². The fourth-order valence-electron chi connectivity index (χ4n) is 0.826. The van der Waals surface area contributed by atoms with Gasteiger partial charge in [0.05, 0.1) is 22.4 Å². The molecule has 1 heterocycles. The highest BCUT2D eigenvalue weighted by molar-refractivity contribution is 9.10. The van der Waals surface area contributed by atoms with Gasteiger partial charge in [0.1, 0.15) is 5.15 Å². The SMILES string of the molecule is CC(Nc1cnc(Cl)c(Br)c1)C(F)F. The molecule has 1 aromatic rings. The molecule has 0 fully saturated rings. The molecular weight excluding hydrogens is 277 g/mol. The lowest BCUT2D eigenvalue weighted by molar-refractivity contribution is 0.130. The first-order valence-corrected chi connectivity index (χ1v) is 5.03. The Morgan fingerprint density at radius 1 is 1.57 bits per heavy atom. The van der Waals surface area contributed by atoms with Crippen LogP contribution in [0.2, 0.25) is 5.15 Å². The van der Waals surface area contributed by atoms with Crippen molar-refractivity contribution in [3.8, 4) is 0 Å². The molecule has 6 heteroatoms. The molecule has 0 aliphatic heterocycles. The van der Waals surface area contributed by atoms with Gasteiger partial charge in [-0.1, -0.05) is 11.6 Å². The quantitative estimate of drug-likeness (QED) is 0.859. The molecule has 2 nitrogen and oxygen atoms in total. The average molecular weight is 286 g/mol. The van der Waals surface area contributed by atoms with Crippen LogP contribution in [0.5, 0.6) is 0 Å². The lowest BCUT2D eigenvalue weighted by Crippen LogP contribution is -2.23. The first-order chi connectivity index (χ1) is 6.50. The van der Waals surface area contributed by atoms with E-state index >= 15 is 0 Å². The van der Waals surface area contributed by atoms with E-state index in [-0.39, 0.29) is 0 Å². The summed E-state index contributed by atoms with van der Waals surface area (Å²) < 4.78 is 24.9. The van der Waals surface area contributed by atoms with Crippen LogP contribution in [0, 0.1) is 0 Å². The number of hydrogen-bond donors (Lipinski definition) is 1. The number of halogens is 4. The van der Waals surface area contributed by atoms with E-state index in [1.807, 2.05) is 0 Å². The molecule has 0 radical (unpaired) electrons. The molecular formula is C8H8BrClF2N2. The van der Waals surface area contributed by atoms with Gasteiger partial charge in [-0.15, -0.1) is 0 Å². The van der Waals surface area contributed by atoms with E-state index in [9.17, 15) is 8.78 Å². The zero-order valence-electron chi connectivity index (χ0n) is 7.27. The minimum Gasteiger partial charge on any atom is -0.376 e. The lowest BCUT2D eigenvalue weighted by atomic mass is 10.3. The Bertz CT molecular complexity index is 322. The van der Waals surface area contributed by atoms with Crippen molar-refractivity contribution >= 4 is 33.2 Å². The smallest absolute Gasteiger partial charge is 0.258 e. The van der Waals surface area contributed by atoms with Crippen LogP contribution in [0.1, 0.15) is 6.92 Å². The third kappa shape index (κ3) is 3.06. The Labute approximate surface area is 93.8 Å². The second kappa shape index (κ2) is 4.89. The second-order valence-corrected chi connectivity index (χ2v) is 3.98. The molecule has 14 heavy (non-hydrogen) atoms. The van der Waals surface area contributed by atoms with Crippen molar-refractivity contribution in [3.05, 3.63) is 21.9 Å². The van der Waals surface area contributed by atoms with Gasteiger partial charge in [-0.3, -0.25) is 0 Å². The van der Waals surface area contributed by atoms with E-state index in [4.69, 9.17) is 11.6 Å². The maximum absolute atomic E-state index is 12.2. The van der Waals surface area contributed by atoms with Crippen molar-refractivity contribution < 1.29 is 8.78 Å². The van der Waals surface area contributed by atoms with E-state index in [0.717, 1.165) is 0 Å². The summed E-state index contributed by atoms with van der Waals surface area (Å²) in [4.78, 5) is 3.80. The summed E-state index contributed by atoms with van der Waals surface area (Å²) in [6.07, 6.45) is -1.00. The molecule has 0 saturated carbocycles. The van der Waals surface area contributed by atoms with Crippen molar-refractivity contribution in [2.24, 2.45) is 0 Å². The largest absolute Gasteiger partial charge is 0.376 e. The summed E-state index contributed by atoms with van der Waals surface area (Å²) in [5.74, 6) is 0. The third-order valence-electron chi connectivity index (χ3n) is 1.57. The summed E-state index contributed by atoms with van der Waals surface area (Å²) in [5.41, 5.74) is 0.508. The maximum atomic E-state index is 12.2.